The molecule has 8 heteroatoms. The van der Waals surface area contributed by atoms with E-state index in [-0.39, 0.29) is 18.1 Å². The Morgan fingerprint density at radius 3 is 2.88 bits per heavy atom. The Balaban J connectivity index is 1.87. The molecule has 0 bridgehead atoms. The third kappa shape index (κ3) is 3.39. The van der Waals surface area contributed by atoms with Crippen molar-refractivity contribution in [1.29, 1.82) is 0 Å². The minimum atomic E-state index is -1.02. The van der Waals surface area contributed by atoms with E-state index in [0.29, 0.717) is 12.2 Å². The molecule has 0 aliphatic carbocycles. The molecule has 0 saturated carbocycles. The van der Waals surface area contributed by atoms with Crippen LogP contribution in [0.15, 0.2) is 36.7 Å². The molecular weight excluding hydrogens is 327 g/mol. The van der Waals surface area contributed by atoms with E-state index in [1.807, 2.05) is 6.92 Å². The van der Waals surface area contributed by atoms with Crippen LogP contribution >= 0.6 is 0 Å². The first-order valence-corrected chi connectivity index (χ1v) is 7.96. The number of ether oxygens (including phenoxy) is 1. The lowest BCUT2D eigenvalue weighted by molar-refractivity contribution is -0.160. The normalized spacial score (nSPS) is 20.6. The van der Waals surface area contributed by atoms with Gasteiger partial charge in [-0.05, 0) is 13.0 Å². The molecule has 1 aromatic heterocycles. The van der Waals surface area contributed by atoms with Crippen molar-refractivity contribution in [3.8, 4) is 0 Å². The summed E-state index contributed by atoms with van der Waals surface area (Å²) in [4.78, 5) is 26.0. The Kier molecular flexibility index (Phi) is 4.80. The highest BCUT2D eigenvalue weighted by molar-refractivity contribution is 5.96. The van der Waals surface area contributed by atoms with Gasteiger partial charge in [0.2, 0.25) is 5.91 Å². The molecule has 0 spiro atoms. The van der Waals surface area contributed by atoms with Gasteiger partial charge in [0.25, 0.3) is 5.91 Å². The number of halogens is 1. The molecule has 2 aromatic rings. The van der Waals surface area contributed by atoms with Gasteiger partial charge in [0.15, 0.2) is 6.10 Å². The lowest BCUT2D eigenvalue weighted by Gasteiger charge is -2.38. The van der Waals surface area contributed by atoms with Gasteiger partial charge in [-0.15, -0.1) is 0 Å². The summed E-state index contributed by atoms with van der Waals surface area (Å²) in [6.07, 6.45) is 2.19. The maximum absolute atomic E-state index is 14.2. The molecule has 1 N–H and O–H groups in total. The van der Waals surface area contributed by atoms with Gasteiger partial charge in [-0.2, -0.15) is 5.10 Å². The first-order chi connectivity index (χ1) is 12.0. The van der Waals surface area contributed by atoms with Crippen molar-refractivity contribution in [3.63, 3.8) is 0 Å². The number of anilines is 1. The summed E-state index contributed by atoms with van der Waals surface area (Å²) in [5, 5.41) is 6.80. The third-order valence-electron chi connectivity index (χ3n) is 4.19. The molecule has 3 rings (SSSR count). The molecule has 2 heterocycles. The van der Waals surface area contributed by atoms with Crippen LogP contribution in [0.2, 0.25) is 0 Å². The standard InChI is InChI=1S/C17H19FN4O3/c1-3-22-9-11(8-19-22)20-17(24)16-15(21(2)14(23)10-25-16)12-6-4-5-7-13(12)18/h4-9,15-16H,3,10H2,1-2H3,(H,20,24)/t15-,16+/m0/s1. The van der Waals surface area contributed by atoms with Crippen LogP contribution in [0.3, 0.4) is 0 Å². The molecule has 7 nitrogen and oxygen atoms in total. The van der Waals surface area contributed by atoms with E-state index in [1.54, 1.807) is 29.1 Å². The lowest BCUT2D eigenvalue weighted by Crippen LogP contribution is -2.51. The quantitative estimate of drug-likeness (QED) is 0.912. The Morgan fingerprint density at radius 1 is 1.44 bits per heavy atom. The van der Waals surface area contributed by atoms with Gasteiger partial charge in [-0.25, -0.2) is 4.39 Å². The van der Waals surface area contributed by atoms with E-state index in [1.165, 1.54) is 24.2 Å². The number of benzene rings is 1. The summed E-state index contributed by atoms with van der Waals surface area (Å²) in [6.45, 7) is 2.37. The zero-order valence-corrected chi connectivity index (χ0v) is 14.0. The monoisotopic (exact) mass is 346 g/mol. The van der Waals surface area contributed by atoms with Crippen molar-refractivity contribution < 1.29 is 18.7 Å². The number of nitrogens with zero attached hydrogens (tertiary/aromatic N) is 3. The average molecular weight is 346 g/mol. The smallest absolute Gasteiger partial charge is 0.256 e. The van der Waals surface area contributed by atoms with Crippen molar-refractivity contribution in [1.82, 2.24) is 14.7 Å². The summed E-state index contributed by atoms with van der Waals surface area (Å²) >= 11 is 0. The van der Waals surface area contributed by atoms with E-state index < -0.39 is 23.9 Å². The fourth-order valence-corrected chi connectivity index (χ4v) is 2.83. The second-order valence-corrected chi connectivity index (χ2v) is 5.78. The molecule has 1 saturated heterocycles. The second-order valence-electron chi connectivity index (χ2n) is 5.78. The lowest BCUT2D eigenvalue weighted by atomic mass is 9.97. The third-order valence-corrected chi connectivity index (χ3v) is 4.19. The van der Waals surface area contributed by atoms with Gasteiger partial charge < -0.3 is 15.0 Å². The summed E-state index contributed by atoms with van der Waals surface area (Å²) in [5.74, 6) is -1.26. The first-order valence-electron chi connectivity index (χ1n) is 7.96. The molecule has 25 heavy (non-hydrogen) atoms. The first kappa shape index (κ1) is 17.1. The average Bonchev–Trinajstić information content (AvgIpc) is 3.05. The van der Waals surface area contributed by atoms with Gasteiger partial charge in [-0.3, -0.25) is 14.3 Å². The van der Waals surface area contributed by atoms with Crippen LogP contribution in [0.25, 0.3) is 0 Å². The molecule has 2 atom stereocenters. The second kappa shape index (κ2) is 7.02. The van der Waals surface area contributed by atoms with E-state index in [0.717, 1.165) is 0 Å². The minimum Gasteiger partial charge on any atom is -0.356 e. The number of amides is 2. The number of likely N-dealkylation sites (N-methyl/N-ethyl adjacent to an activating group) is 1. The fraction of sp³-hybridized carbons (Fsp3) is 0.353. The highest BCUT2D eigenvalue weighted by Crippen LogP contribution is 2.31. The van der Waals surface area contributed by atoms with Crippen molar-refractivity contribution in [3.05, 3.63) is 48.0 Å². The highest BCUT2D eigenvalue weighted by Gasteiger charge is 2.41. The fourth-order valence-electron chi connectivity index (χ4n) is 2.83. The Hall–Kier alpha value is -2.74. The number of aryl methyl sites for hydroxylation is 1. The molecular formula is C17H19FN4O3. The summed E-state index contributed by atoms with van der Waals surface area (Å²) in [6, 6.07) is 5.21. The summed E-state index contributed by atoms with van der Waals surface area (Å²) in [7, 11) is 1.54. The Labute approximate surface area is 144 Å². The minimum absolute atomic E-state index is 0.228. The van der Waals surface area contributed by atoms with Gasteiger partial charge in [-0.1, -0.05) is 18.2 Å². The maximum atomic E-state index is 14.2. The number of hydrogen-bond donors (Lipinski definition) is 1. The number of aromatic nitrogens is 2. The molecule has 0 unspecified atom stereocenters. The highest BCUT2D eigenvalue weighted by atomic mass is 19.1. The number of rotatable bonds is 4. The molecule has 1 fully saturated rings. The molecule has 0 radical (unpaired) electrons. The van der Waals surface area contributed by atoms with Gasteiger partial charge in [0.05, 0.1) is 17.9 Å². The van der Waals surface area contributed by atoms with Gasteiger partial charge in [0, 0.05) is 25.4 Å². The molecule has 1 aliphatic heterocycles. The predicted octanol–water partition coefficient (Wildman–Crippen LogP) is 1.58. The van der Waals surface area contributed by atoms with E-state index in [9.17, 15) is 14.0 Å². The van der Waals surface area contributed by atoms with Gasteiger partial charge in [0.1, 0.15) is 12.4 Å². The topological polar surface area (TPSA) is 76.5 Å². The number of hydrogen-bond acceptors (Lipinski definition) is 4. The molecule has 132 valence electrons. The molecule has 1 aromatic carbocycles. The predicted molar refractivity (Wildman–Crippen MR) is 88.2 cm³/mol. The van der Waals surface area contributed by atoms with E-state index in [2.05, 4.69) is 10.4 Å². The van der Waals surface area contributed by atoms with Crippen LogP contribution in [0.1, 0.15) is 18.5 Å². The van der Waals surface area contributed by atoms with Crippen LogP contribution in [-0.2, 0) is 20.9 Å². The molecule has 2 amide bonds. The Bertz CT molecular complexity index is 792. The van der Waals surface area contributed by atoms with Gasteiger partial charge >= 0.3 is 0 Å². The van der Waals surface area contributed by atoms with Crippen LogP contribution in [0.4, 0.5) is 10.1 Å². The van der Waals surface area contributed by atoms with E-state index >= 15 is 0 Å². The summed E-state index contributed by atoms with van der Waals surface area (Å²) < 4.78 is 21.4. The Morgan fingerprint density at radius 2 is 2.20 bits per heavy atom. The summed E-state index contributed by atoms with van der Waals surface area (Å²) in [5.41, 5.74) is 0.754. The van der Waals surface area contributed by atoms with Crippen molar-refractivity contribution >= 4 is 17.5 Å². The number of carbonyl (C=O) groups excluding carboxylic acids is 2. The molecule has 1 aliphatic rings. The van der Waals surface area contributed by atoms with Crippen molar-refractivity contribution in [2.75, 3.05) is 19.0 Å². The number of carbonyl (C=O) groups is 2. The largest absolute Gasteiger partial charge is 0.356 e. The zero-order chi connectivity index (χ0) is 18.0. The van der Waals surface area contributed by atoms with Crippen LogP contribution in [0.5, 0.6) is 0 Å². The van der Waals surface area contributed by atoms with Crippen LogP contribution in [0, 0.1) is 5.82 Å². The zero-order valence-electron chi connectivity index (χ0n) is 14.0. The number of nitrogens with one attached hydrogen (secondary N) is 1. The SMILES string of the molecule is CCn1cc(NC(=O)[C@@H]2OCC(=O)N(C)[C@H]2c2ccccc2F)cn1. The van der Waals surface area contributed by atoms with E-state index in [4.69, 9.17) is 4.74 Å². The van der Waals surface area contributed by atoms with Crippen molar-refractivity contribution in [2.45, 2.75) is 25.6 Å². The van der Waals surface area contributed by atoms with Crippen LogP contribution in [-0.4, -0.2) is 46.3 Å². The van der Waals surface area contributed by atoms with Crippen LogP contribution < -0.4 is 5.32 Å². The maximum Gasteiger partial charge on any atom is 0.256 e. The van der Waals surface area contributed by atoms with Crippen molar-refractivity contribution in [2.24, 2.45) is 0 Å². The number of morpholine rings is 1.